The SMILES string of the molecule is CC/C=C\C/C=C\C/C=C\C/C=C\C/C=C\C/C=C\CCC(=O)OC[C@H](COP(=O)(O)OC[C@H](N)C(=O)O)OC(=O)CCCCCCC/C=C\CCCC. The molecule has 0 spiro atoms. The van der Waals surface area contributed by atoms with E-state index in [0.717, 1.165) is 77.0 Å². The molecule has 306 valence electrons. The maximum atomic E-state index is 12.5. The number of nitrogens with two attached hydrogens (primary N) is 1. The second-order valence-corrected chi connectivity index (χ2v) is 14.1. The third-order valence-corrected chi connectivity index (χ3v) is 8.59. The van der Waals surface area contributed by atoms with E-state index in [1.807, 2.05) is 12.2 Å². The van der Waals surface area contributed by atoms with E-state index in [4.69, 9.17) is 24.8 Å². The van der Waals surface area contributed by atoms with Crippen molar-refractivity contribution in [3.63, 3.8) is 0 Å². The first-order chi connectivity index (χ1) is 26.1. The Morgan fingerprint density at radius 3 is 1.63 bits per heavy atom. The van der Waals surface area contributed by atoms with E-state index in [1.54, 1.807) is 0 Å². The van der Waals surface area contributed by atoms with Crippen molar-refractivity contribution in [1.82, 2.24) is 0 Å². The van der Waals surface area contributed by atoms with Gasteiger partial charge in [-0.05, 0) is 70.6 Å². The van der Waals surface area contributed by atoms with E-state index < -0.39 is 57.7 Å². The number of carbonyl (C=O) groups is 3. The number of hydrogen-bond donors (Lipinski definition) is 3. The van der Waals surface area contributed by atoms with Gasteiger partial charge in [0.2, 0.25) is 0 Å². The first kappa shape index (κ1) is 50.7. The lowest BCUT2D eigenvalue weighted by atomic mass is 10.1. The van der Waals surface area contributed by atoms with Crippen molar-refractivity contribution in [1.29, 1.82) is 0 Å². The normalized spacial score (nSPS) is 14.7. The van der Waals surface area contributed by atoms with Crippen LogP contribution in [0.15, 0.2) is 85.1 Å². The molecule has 0 aliphatic carbocycles. The number of carbonyl (C=O) groups excluding carboxylic acids is 2. The molecule has 4 N–H and O–H groups in total. The number of carboxylic acids is 1. The van der Waals surface area contributed by atoms with Crippen LogP contribution in [0.5, 0.6) is 0 Å². The van der Waals surface area contributed by atoms with Crippen LogP contribution in [-0.4, -0.2) is 59.9 Å². The maximum Gasteiger partial charge on any atom is 0.472 e. The van der Waals surface area contributed by atoms with Crippen molar-refractivity contribution in [2.24, 2.45) is 5.73 Å². The van der Waals surface area contributed by atoms with Gasteiger partial charge in [-0.2, -0.15) is 0 Å². The number of allylic oxidation sites excluding steroid dienone is 14. The van der Waals surface area contributed by atoms with Crippen molar-refractivity contribution >= 4 is 25.7 Å². The lowest BCUT2D eigenvalue weighted by molar-refractivity contribution is -0.161. The van der Waals surface area contributed by atoms with E-state index >= 15 is 0 Å². The Morgan fingerprint density at radius 1 is 0.593 bits per heavy atom. The highest BCUT2D eigenvalue weighted by Gasteiger charge is 2.28. The van der Waals surface area contributed by atoms with Crippen molar-refractivity contribution in [2.45, 2.75) is 142 Å². The van der Waals surface area contributed by atoms with Crippen LogP contribution in [-0.2, 0) is 37.5 Å². The Morgan fingerprint density at radius 2 is 1.07 bits per heavy atom. The van der Waals surface area contributed by atoms with Gasteiger partial charge in [0.1, 0.15) is 12.6 Å². The fourth-order valence-electron chi connectivity index (χ4n) is 4.54. The first-order valence-corrected chi connectivity index (χ1v) is 21.1. The van der Waals surface area contributed by atoms with Crippen molar-refractivity contribution in [3.05, 3.63) is 85.1 Å². The van der Waals surface area contributed by atoms with Crippen LogP contribution >= 0.6 is 7.82 Å². The van der Waals surface area contributed by atoms with Gasteiger partial charge in [-0.1, -0.05) is 131 Å². The zero-order valence-corrected chi connectivity index (χ0v) is 33.7. The molecular weight excluding hydrogens is 709 g/mol. The topological polar surface area (TPSA) is 172 Å². The molecule has 0 fully saturated rings. The smallest absolute Gasteiger partial charge is 0.472 e. The number of unbranched alkanes of at least 4 members (excludes halogenated alkanes) is 7. The Labute approximate surface area is 324 Å². The summed E-state index contributed by atoms with van der Waals surface area (Å²) < 4.78 is 32.5. The van der Waals surface area contributed by atoms with Crippen LogP contribution in [0.25, 0.3) is 0 Å². The second kappa shape index (κ2) is 36.6. The minimum atomic E-state index is -4.73. The largest absolute Gasteiger partial charge is 0.480 e. The molecule has 0 aromatic rings. The lowest BCUT2D eigenvalue weighted by Gasteiger charge is -2.20. The van der Waals surface area contributed by atoms with E-state index in [9.17, 15) is 23.8 Å². The third kappa shape index (κ3) is 35.7. The van der Waals surface area contributed by atoms with Crippen LogP contribution in [0.3, 0.4) is 0 Å². The van der Waals surface area contributed by atoms with Crippen LogP contribution in [0.2, 0.25) is 0 Å². The van der Waals surface area contributed by atoms with E-state index in [0.29, 0.717) is 12.8 Å². The zero-order chi connectivity index (χ0) is 40.0. The summed E-state index contributed by atoms with van der Waals surface area (Å²) in [5.41, 5.74) is 5.31. The van der Waals surface area contributed by atoms with Crippen LogP contribution in [0, 0.1) is 0 Å². The summed E-state index contributed by atoms with van der Waals surface area (Å²) in [6.07, 6.45) is 43.9. The van der Waals surface area contributed by atoms with Gasteiger partial charge in [0.05, 0.1) is 13.2 Å². The predicted molar refractivity (Wildman–Crippen MR) is 217 cm³/mol. The van der Waals surface area contributed by atoms with Crippen molar-refractivity contribution in [3.8, 4) is 0 Å². The number of phosphoric ester groups is 1. The van der Waals surface area contributed by atoms with Gasteiger partial charge in [0.15, 0.2) is 6.10 Å². The summed E-state index contributed by atoms with van der Waals surface area (Å²) in [5.74, 6) is -2.51. The van der Waals surface area contributed by atoms with Crippen LogP contribution < -0.4 is 5.73 Å². The number of rotatable bonds is 35. The molecule has 0 rings (SSSR count). The summed E-state index contributed by atoms with van der Waals surface area (Å²) >= 11 is 0. The highest BCUT2D eigenvalue weighted by atomic mass is 31.2. The molecule has 0 bridgehead atoms. The molecule has 3 atom stereocenters. The maximum absolute atomic E-state index is 12.5. The molecule has 0 aliphatic heterocycles. The molecule has 0 radical (unpaired) electrons. The quantitative estimate of drug-likeness (QED) is 0.0242. The van der Waals surface area contributed by atoms with Gasteiger partial charge >= 0.3 is 25.7 Å². The summed E-state index contributed by atoms with van der Waals surface area (Å²) in [4.78, 5) is 45.7. The Hall–Kier alpha value is -3.34. The van der Waals surface area contributed by atoms with E-state index in [-0.39, 0.29) is 12.8 Å². The standard InChI is InChI=1S/C42H68NO10P/c1-3-5-7-9-11-13-15-16-17-18-19-20-21-22-24-25-27-29-31-33-40(44)50-35-38(36-51-54(48,49)52-37-39(43)42(46)47)53-41(45)34-32-30-28-26-23-14-12-10-8-6-4-2/h5,7,10-13,16-17,19-20,22,24,27,29,38-39H,3-4,6,8-9,14-15,18,21,23,25-26,28,30-37,43H2,1-2H3,(H,46,47)(H,48,49)/b7-5-,12-10-,13-11-,17-16-,20-19-,24-22-,29-27-/t38-,39+/m1/s1. The number of ether oxygens (including phenoxy) is 2. The minimum absolute atomic E-state index is 0.0902. The second-order valence-electron chi connectivity index (χ2n) is 12.7. The highest BCUT2D eigenvalue weighted by molar-refractivity contribution is 7.47. The molecule has 12 heteroatoms. The van der Waals surface area contributed by atoms with E-state index in [1.165, 1.54) is 12.8 Å². The molecule has 0 aromatic carbocycles. The minimum Gasteiger partial charge on any atom is -0.480 e. The molecule has 0 aliphatic rings. The number of phosphoric acid groups is 1. The van der Waals surface area contributed by atoms with Crippen molar-refractivity contribution < 1.29 is 47.5 Å². The summed E-state index contributed by atoms with van der Waals surface area (Å²) in [6.45, 7) is 2.52. The van der Waals surface area contributed by atoms with Crippen LogP contribution in [0.1, 0.15) is 129 Å². The average Bonchev–Trinajstić information content (AvgIpc) is 3.14. The Kier molecular flexibility index (Phi) is 34.4. The average molecular weight is 778 g/mol. The molecule has 54 heavy (non-hydrogen) atoms. The van der Waals surface area contributed by atoms with Gasteiger partial charge in [-0.3, -0.25) is 23.4 Å². The lowest BCUT2D eigenvalue weighted by Crippen LogP contribution is -2.34. The van der Waals surface area contributed by atoms with Gasteiger partial charge in [0.25, 0.3) is 0 Å². The molecule has 0 heterocycles. The summed E-state index contributed by atoms with van der Waals surface area (Å²) in [7, 11) is -4.73. The predicted octanol–water partition coefficient (Wildman–Crippen LogP) is 9.94. The molecule has 0 aromatic heterocycles. The van der Waals surface area contributed by atoms with E-state index in [2.05, 4.69) is 91.3 Å². The molecule has 0 amide bonds. The Bertz CT molecular complexity index is 1240. The monoisotopic (exact) mass is 777 g/mol. The molecule has 1 unspecified atom stereocenters. The summed E-state index contributed by atoms with van der Waals surface area (Å²) in [5, 5.41) is 8.86. The third-order valence-electron chi connectivity index (χ3n) is 7.64. The van der Waals surface area contributed by atoms with Gasteiger partial charge in [-0.25, -0.2) is 4.57 Å². The highest BCUT2D eigenvalue weighted by Crippen LogP contribution is 2.43. The molecule has 0 saturated heterocycles. The zero-order valence-electron chi connectivity index (χ0n) is 32.8. The first-order valence-electron chi connectivity index (χ1n) is 19.6. The van der Waals surface area contributed by atoms with Crippen LogP contribution in [0.4, 0.5) is 0 Å². The number of aliphatic carboxylic acids is 1. The number of carboxylic acid groups (broad SMARTS) is 1. The Balaban J connectivity index is 4.55. The fraction of sp³-hybridized carbons (Fsp3) is 0.595. The van der Waals surface area contributed by atoms with Gasteiger partial charge in [0, 0.05) is 12.8 Å². The number of hydrogen-bond acceptors (Lipinski definition) is 9. The number of esters is 2. The van der Waals surface area contributed by atoms with Gasteiger partial charge in [-0.15, -0.1) is 0 Å². The van der Waals surface area contributed by atoms with Gasteiger partial charge < -0.3 is 25.2 Å². The van der Waals surface area contributed by atoms with Crippen molar-refractivity contribution in [2.75, 3.05) is 19.8 Å². The fourth-order valence-corrected chi connectivity index (χ4v) is 5.32. The molecular formula is C42H68NO10P. The summed E-state index contributed by atoms with van der Waals surface area (Å²) in [6, 6.07) is -1.54. The molecule has 11 nitrogen and oxygen atoms in total. The molecule has 0 saturated carbocycles.